The molecule has 102 valence electrons. The first-order chi connectivity index (χ1) is 8.48. The van der Waals surface area contributed by atoms with Gasteiger partial charge in [0.2, 0.25) is 10.0 Å². The monoisotopic (exact) mass is 273 g/mol. The molecule has 6 heteroatoms. The summed E-state index contributed by atoms with van der Waals surface area (Å²) in [4.78, 5) is 0. The molecule has 2 N–H and O–H groups in total. The third kappa shape index (κ3) is 4.54. The Morgan fingerprint density at radius 3 is 2.72 bits per heavy atom. The fourth-order valence-corrected chi connectivity index (χ4v) is 2.60. The van der Waals surface area contributed by atoms with Crippen LogP contribution in [0.2, 0.25) is 0 Å². The highest BCUT2D eigenvalue weighted by atomic mass is 32.2. The number of ether oxygens (including phenoxy) is 1. The molecule has 1 aromatic carbocycles. The van der Waals surface area contributed by atoms with E-state index in [1.807, 2.05) is 6.92 Å². The summed E-state index contributed by atoms with van der Waals surface area (Å²) in [5.74, 6) is -0.0982. The third-order valence-corrected chi connectivity index (χ3v) is 3.85. The number of aromatic hydroxyl groups is 1. The van der Waals surface area contributed by atoms with Crippen LogP contribution in [0.1, 0.15) is 18.9 Å². The van der Waals surface area contributed by atoms with E-state index < -0.39 is 10.0 Å². The number of hydrogen-bond donors (Lipinski definition) is 2. The van der Waals surface area contributed by atoms with Crippen molar-refractivity contribution in [1.82, 2.24) is 0 Å². The van der Waals surface area contributed by atoms with Gasteiger partial charge in [0.15, 0.2) is 0 Å². The molecule has 0 saturated carbocycles. The number of benzene rings is 1. The lowest BCUT2D eigenvalue weighted by molar-refractivity contribution is 0.199. The molecule has 0 amide bonds. The SMILES string of the molecule is CCc1ccc(O)c(NS(=O)(=O)CCCOC)c1. The Morgan fingerprint density at radius 1 is 1.39 bits per heavy atom. The number of methoxy groups -OCH3 is 1. The molecule has 0 unspecified atom stereocenters. The predicted molar refractivity (Wildman–Crippen MR) is 71.4 cm³/mol. The van der Waals surface area contributed by atoms with Gasteiger partial charge in [-0.15, -0.1) is 0 Å². The highest BCUT2D eigenvalue weighted by Crippen LogP contribution is 2.25. The minimum absolute atomic E-state index is 0.0311. The number of phenolic OH excluding ortho intramolecular Hbond substituents is 1. The van der Waals surface area contributed by atoms with Crippen molar-refractivity contribution in [1.29, 1.82) is 0 Å². The molecule has 1 aromatic rings. The molecule has 0 aliphatic heterocycles. The minimum Gasteiger partial charge on any atom is -0.506 e. The van der Waals surface area contributed by atoms with Gasteiger partial charge in [0.05, 0.1) is 11.4 Å². The van der Waals surface area contributed by atoms with Crippen molar-refractivity contribution in [2.75, 3.05) is 24.2 Å². The van der Waals surface area contributed by atoms with Crippen LogP contribution >= 0.6 is 0 Å². The van der Waals surface area contributed by atoms with Crippen molar-refractivity contribution in [2.45, 2.75) is 19.8 Å². The van der Waals surface area contributed by atoms with E-state index in [1.54, 1.807) is 12.1 Å². The highest BCUT2D eigenvalue weighted by molar-refractivity contribution is 7.92. The Labute approximate surface area is 108 Å². The molecule has 5 nitrogen and oxygen atoms in total. The van der Waals surface area contributed by atoms with Gasteiger partial charge in [-0.2, -0.15) is 0 Å². The topological polar surface area (TPSA) is 75.6 Å². The van der Waals surface area contributed by atoms with Gasteiger partial charge in [0, 0.05) is 13.7 Å². The molecule has 0 spiro atoms. The second kappa shape index (κ2) is 6.61. The fourth-order valence-electron chi connectivity index (χ4n) is 1.50. The lowest BCUT2D eigenvalue weighted by atomic mass is 10.1. The Hall–Kier alpha value is -1.27. The van der Waals surface area contributed by atoms with Crippen molar-refractivity contribution in [3.05, 3.63) is 23.8 Å². The van der Waals surface area contributed by atoms with Crippen molar-refractivity contribution in [2.24, 2.45) is 0 Å². The smallest absolute Gasteiger partial charge is 0.232 e. The third-order valence-electron chi connectivity index (χ3n) is 2.50. The summed E-state index contributed by atoms with van der Waals surface area (Å²) >= 11 is 0. The molecule has 0 aliphatic carbocycles. The van der Waals surface area contributed by atoms with E-state index in [4.69, 9.17) is 4.74 Å². The first-order valence-corrected chi connectivity index (χ1v) is 7.45. The molecular weight excluding hydrogens is 254 g/mol. The molecule has 1 rings (SSSR count). The van der Waals surface area contributed by atoms with Crippen LogP contribution in [0, 0.1) is 0 Å². The van der Waals surface area contributed by atoms with E-state index >= 15 is 0 Å². The Kier molecular flexibility index (Phi) is 5.43. The summed E-state index contributed by atoms with van der Waals surface area (Å²) in [6.45, 7) is 2.35. The zero-order valence-corrected chi connectivity index (χ0v) is 11.5. The average Bonchev–Trinajstić information content (AvgIpc) is 2.32. The molecular formula is C12H19NO4S. The number of rotatable bonds is 7. The largest absolute Gasteiger partial charge is 0.506 e. The predicted octanol–water partition coefficient (Wildman–Crippen LogP) is 1.73. The highest BCUT2D eigenvalue weighted by Gasteiger charge is 2.12. The van der Waals surface area contributed by atoms with E-state index in [9.17, 15) is 13.5 Å². The quantitative estimate of drug-likeness (QED) is 0.586. The minimum atomic E-state index is -3.44. The Morgan fingerprint density at radius 2 is 2.11 bits per heavy atom. The zero-order chi connectivity index (χ0) is 13.6. The van der Waals surface area contributed by atoms with E-state index in [0.717, 1.165) is 12.0 Å². The number of hydrogen-bond acceptors (Lipinski definition) is 4. The number of phenols is 1. The number of aryl methyl sites for hydroxylation is 1. The van der Waals surface area contributed by atoms with E-state index in [0.29, 0.717) is 13.0 Å². The summed E-state index contributed by atoms with van der Waals surface area (Å²) in [6.07, 6.45) is 1.19. The van der Waals surface area contributed by atoms with Crippen LogP contribution in [0.5, 0.6) is 5.75 Å². The maximum Gasteiger partial charge on any atom is 0.232 e. The van der Waals surface area contributed by atoms with Gasteiger partial charge in [0.25, 0.3) is 0 Å². The Bertz CT molecular complexity index is 485. The first-order valence-electron chi connectivity index (χ1n) is 5.80. The molecule has 0 radical (unpaired) electrons. The summed E-state index contributed by atoms with van der Waals surface area (Å²) in [5.41, 5.74) is 1.19. The summed E-state index contributed by atoms with van der Waals surface area (Å²) < 4.78 is 30.7. The van der Waals surface area contributed by atoms with Crippen molar-refractivity contribution < 1.29 is 18.3 Å². The van der Waals surface area contributed by atoms with Crippen LogP contribution in [-0.4, -0.2) is 33.0 Å². The number of nitrogens with one attached hydrogen (secondary N) is 1. The van der Waals surface area contributed by atoms with E-state index in [-0.39, 0.29) is 17.2 Å². The van der Waals surface area contributed by atoms with Crippen LogP contribution < -0.4 is 4.72 Å². The van der Waals surface area contributed by atoms with Crippen molar-refractivity contribution in [3.63, 3.8) is 0 Å². The molecule has 0 bridgehead atoms. The Balaban J connectivity index is 2.76. The normalized spacial score (nSPS) is 11.4. The lowest BCUT2D eigenvalue weighted by Crippen LogP contribution is -2.18. The van der Waals surface area contributed by atoms with Crippen molar-refractivity contribution in [3.8, 4) is 5.75 Å². The van der Waals surface area contributed by atoms with Crippen molar-refractivity contribution >= 4 is 15.7 Å². The molecule has 0 heterocycles. The van der Waals surface area contributed by atoms with Crippen LogP contribution in [0.15, 0.2) is 18.2 Å². The fraction of sp³-hybridized carbons (Fsp3) is 0.500. The summed E-state index contributed by atoms with van der Waals surface area (Å²) in [6, 6.07) is 4.90. The molecule has 0 atom stereocenters. The van der Waals surface area contributed by atoms with Crippen LogP contribution in [-0.2, 0) is 21.2 Å². The van der Waals surface area contributed by atoms with E-state index in [1.165, 1.54) is 13.2 Å². The summed E-state index contributed by atoms with van der Waals surface area (Å²) in [7, 11) is -1.92. The van der Waals surface area contributed by atoms with Crippen LogP contribution in [0.25, 0.3) is 0 Å². The summed E-state index contributed by atoms with van der Waals surface area (Å²) in [5, 5.41) is 9.61. The second-order valence-corrected chi connectivity index (χ2v) is 5.81. The van der Waals surface area contributed by atoms with Crippen LogP contribution in [0.3, 0.4) is 0 Å². The standard InChI is InChI=1S/C12H19NO4S/c1-3-10-5-6-12(14)11(9-10)13-18(15,16)8-4-7-17-2/h5-6,9,13-14H,3-4,7-8H2,1-2H3. The van der Waals surface area contributed by atoms with Gasteiger partial charge < -0.3 is 9.84 Å². The zero-order valence-electron chi connectivity index (χ0n) is 10.6. The first kappa shape index (κ1) is 14.8. The molecule has 0 aliphatic rings. The maximum absolute atomic E-state index is 11.7. The van der Waals surface area contributed by atoms with E-state index in [2.05, 4.69) is 4.72 Å². The van der Waals surface area contributed by atoms with Crippen LogP contribution in [0.4, 0.5) is 5.69 Å². The molecule has 18 heavy (non-hydrogen) atoms. The lowest BCUT2D eigenvalue weighted by Gasteiger charge is -2.10. The van der Waals surface area contributed by atoms with Gasteiger partial charge in [-0.1, -0.05) is 13.0 Å². The van der Waals surface area contributed by atoms with Gasteiger partial charge in [-0.3, -0.25) is 4.72 Å². The number of anilines is 1. The molecule has 0 fully saturated rings. The number of sulfonamides is 1. The van der Waals surface area contributed by atoms with Gasteiger partial charge in [0.1, 0.15) is 5.75 Å². The van der Waals surface area contributed by atoms with Gasteiger partial charge in [-0.05, 0) is 30.5 Å². The van der Waals surface area contributed by atoms with Gasteiger partial charge >= 0.3 is 0 Å². The molecule has 0 saturated heterocycles. The molecule has 0 aromatic heterocycles. The average molecular weight is 273 g/mol. The second-order valence-electron chi connectivity index (χ2n) is 3.97. The van der Waals surface area contributed by atoms with Gasteiger partial charge in [-0.25, -0.2) is 8.42 Å². The maximum atomic E-state index is 11.7.